The van der Waals surface area contributed by atoms with E-state index in [2.05, 4.69) is 0 Å². The quantitative estimate of drug-likeness (QED) is 0.596. The van der Waals surface area contributed by atoms with Gasteiger partial charge in [0.1, 0.15) is 0 Å². The molecular formula is C21H25NO4S. The Kier molecular flexibility index (Phi) is 6.57. The summed E-state index contributed by atoms with van der Waals surface area (Å²) in [7, 11) is -3.28. The normalized spacial score (nSPS) is 13.1. The van der Waals surface area contributed by atoms with Crippen LogP contribution in [0.25, 0.3) is 17.2 Å². The van der Waals surface area contributed by atoms with E-state index in [1.54, 1.807) is 51.1 Å². The number of benzene rings is 2. The Morgan fingerprint density at radius 1 is 1.04 bits per heavy atom. The second-order valence-corrected chi connectivity index (χ2v) is 9.21. The van der Waals surface area contributed by atoms with Crippen molar-refractivity contribution in [2.45, 2.75) is 43.9 Å². The lowest BCUT2D eigenvalue weighted by Gasteiger charge is -2.17. The van der Waals surface area contributed by atoms with E-state index in [0.717, 1.165) is 16.7 Å². The lowest BCUT2D eigenvalue weighted by molar-refractivity contribution is -0.167. The molecule has 6 heteroatoms. The Morgan fingerprint density at radius 2 is 1.67 bits per heavy atom. The van der Waals surface area contributed by atoms with Gasteiger partial charge in [-0.25, -0.2) is 13.5 Å². The van der Waals surface area contributed by atoms with Gasteiger partial charge in [0.25, 0.3) is 0 Å². The fourth-order valence-corrected chi connectivity index (χ4v) is 3.61. The maximum atomic E-state index is 12.2. The second-order valence-electron chi connectivity index (χ2n) is 6.71. The van der Waals surface area contributed by atoms with E-state index in [1.165, 1.54) is 6.92 Å². The maximum absolute atomic E-state index is 12.2. The second kappa shape index (κ2) is 8.50. The highest BCUT2D eigenvalue weighted by Crippen LogP contribution is 2.24. The Balaban J connectivity index is 2.24. The van der Waals surface area contributed by atoms with Crippen LogP contribution in [0.1, 0.15) is 33.3 Å². The SMILES string of the molecule is CC(=O)N(O)[C@@H](C)/C=C/c1cccc(-c2ccc(S(=O)(=O)C(C)C)cc2)c1. The van der Waals surface area contributed by atoms with E-state index in [0.29, 0.717) is 9.96 Å². The average molecular weight is 388 g/mol. The molecule has 0 aliphatic heterocycles. The first-order chi connectivity index (χ1) is 12.6. The molecule has 0 heterocycles. The summed E-state index contributed by atoms with van der Waals surface area (Å²) in [5.41, 5.74) is 2.77. The van der Waals surface area contributed by atoms with Crippen molar-refractivity contribution in [1.82, 2.24) is 5.06 Å². The molecule has 0 unspecified atom stereocenters. The summed E-state index contributed by atoms with van der Waals surface area (Å²) in [5, 5.41) is 9.84. The van der Waals surface area contributed by atoms with Gasteiger partial charge in [-0.2, -0.15) is 0 Å². The number of sulfone groups is 1. The smallest absolute Gasteiger partial charge is 0.243 e. The van der Waals surface area contributed by atoms with Crippen LogP contribution in [0.4, 0.5) is 0 Å². The van der Waals surface area contributed by atoms with Crippen LogP contribution in [0.5, 0.6) is 0 Å². The predicted molar refractivity (Wildman–Crippen MR) is 107 cm³/mol. The van der Waals surface area contributed by atoms with Gasteiger partial charge < -0.3 is 0 Å². The highest BCUT2D eigenvalue weighted by atomic mass is 32.2. The third-order valence-electron chi connectivity index (χ3n) is 4.30. The molecule has 0 aromatic heterocycles. The number of nitrogens with zero attached hydrogens (tertiary/aromatic N) is 1. The van der Waals surface area contributed by atoms with E-state index in [9.17, 15) is 18.4 Å². The van der Waals surface area contributed by atoms with Crippen molar-refractivity contribution in [2.24, 2.45) is 0 Å². The largest absolute Gasteiger partial charge is 0.285 e. The van der Waals surface area contributed by atoms with E-state index in [-0.39, 0.29) is 0 Å². The van der Waals surface area contributed by atoms with Crippen LogP contribution >= 0.6 is 0 Å². The van der Waals surface area contributed by atoms with Crippen molar-refractivity contribution in [2.75, 3.05) is 0 Å². The topological polar surface area (TPSA) is 74.7 Å². The van der Waals surface area contributed by atoms with Gasteiger partial charge in [0.2, 0.25) is 5.91 Å². The van der Waals surface area contributed by atoms with E-state index < -0.39 is 27.0 Å². The van der Waals surface area contributed by atoms with Gasteiger partial charge in [0, 0.05) is 6.92 Å². The molecule has 2 rings (SSSR count). The lowest BCUT2D eigenvalue weighted by Crippen LogP contribution is -2.32. The third-order valence-corrected chi connectivity index (χ3v) is 6.47. The van der Waals surface area contributed by atoms with E-state index >= 15 is 0 Å². The predicted octanol–water partition coefficient (Wildman–Crippen LogP) is 4.18. The third kappa shape index (κ3) is 5.05. The zero-order chi connectivity index (χ0) is 20.2. The summed E-state index contributed by atoms with van der Waals surface area (Å²) in [6.45, 7) is 6.35. The Morgan fingerprint density at radius 3 is 2.22 bits per heavy atom. The molecule has 0 aliphatic carbocycles. The van der Waals surface area contributed by atoms with Crippen molar-refractivity contribution in [3.8, 4) is 11.1 Å². The van der Waals surface area contributed by atoms with Crippen molar-refractivity contribution < 1.29 is 18.4 Å². The van der Waals surface area contributed by atoms with Crippen molar-refractivity contribution in [1.29, 1.82) is 0 Å². The van der Waals surface area contributed by atoms with Gasteiger partial charge in [-0.15, -0.1) is 0 Å². The molecular weight excluding hydrogens is 362 g/mol. The summed E-state index contributed by atoms with van der Waals surface area (Å²) < 4.78 is 24.5. The molecule has 5 nitrogen and oxygen atoms in total. The van der Waals surface area contributed by atoms with Crippen molar-refractivity contribution in [3.63, 3.8) is 0 Å². The van der Waals surface area contributed by atoms with Crippen LogP contribution in [0.15, 0.2) is 59.5 Å². The van der Waals surface area contributed by atoms with Gasteiger partial charge in [0.05, 0.1) is 16.2 Å². The molecule has 1 atom stereocenters. The van der Waals surface area contributed by atoms with Crippen LogP contribution in [0.2, 0.25) is 0 Å². The summed E-state index contributed by atoms with van der Waals surface area (Å²) in [5.74, 6) is -0.419. The number of hydroxylamine groups is 2. The molecule has 0 saturated heterocycles. The van der Waals surface area contributed by atoms with Gasteiger partial charge in [-0.05, 0) is 55.7 Å². The van der Waals surface area contributed by atoms with Crippen LogP contribution in [0, 0.1) is 0 Å². The number of hydrogen-bond donors (Lipinski definition) is 1. The van der Waals surface area contributed by atoms with Gasteiger partial charge >= 0.3 is 0 Å². The number of rotatable bonds is 6. The van der Waals surface area contributed by atoms with E-state index in [4.69, 9.17) is 0 Å². The lowest BCUT2D eigenvalue weighted by atomic mass is 10.0. The first-order valence-corrected chi connectivity index (χ1v) is 10.3. The summed E-state index contributed by atoms with van der Waals surface area (Å²) in [6, 6.07) is 14.1. The summed E-state index contributed by atoms with van der Waals surface area (Å²) in [6.07, 6.45) is 3.57. The molecule has 1 N–H and O–H groups in total. The zero-order valence-corrected chi connectivity index (χ0v) is 16.8. The standard InChI is InChI=1S/C21H25NO4S/c1-15(2)27(25,26)21-12-10-19(11-13-21)20-7-5-6-18(14-20)9-8-16(3)22(24)17(4)23/h5-16,24H,1-4H3/b9-8+/t16-/m0/s1. The minimum Gasteiger partial charge on any atom is -0.285 e. The van der Waals surface area contributed by atoms with Crippen LogP contribution in [0.3, 0.4) is 0 Å². The van der Waals surface area contributed by atoms with Gasteiger partial charge in [0.15, 0.2) is 9.84 Å². The fourth-order valence-electron chi connectivity index (χ4n) is 2.55. The minimum atomic E-state index is -3.28. The van der Waals surface area contributed by atoms with Gasteiger partial charge in [-0.3, -0.25) is 10.0 Å². The Bertz CT molecular complexity index is 931. The molecule has 0 radical (unpaired) electrons. The zero-order valence-electron chi connectivity index (χ0n) is 16.0. The van der Waals surface area contributed by atoms with Crippen LogP contribution in [-0.4, -0.2) is 35.9 Å². The first kappa shape index (κ1) is 20.9. The minimum absolute atomic E-state index is 0.318. The molecule has 0 saturated carbocycles. The maximum Gasteiger partial charge on any atom is 0.243 e. The molecule has 0 spiro atoms. The molecule has 144 valence electrons. The van der Waals surface area contributed by atoms with E-state index in [1.807, 2.05) is 30.3 Å². The number of carbonyl (C=O) groups excluding carboxylic acids is 1. The summed E-state index contributed by atoms with van der Waals surface area (Å²) >= 11 is 0. The first-order valence-electron chi connectivity index (χ1n) is 8.74. The number of amides is 1. The highest BCUT2D eigenvalue weighted by molar-refractivity contribution is 7.92. The molecule has 2 aromatic rings. The summed E-state index contributed by atoms with van der Waals surface area (Å²) in [4.78, 5) is 11.5. The number of hydrogen-bond acceptors (Lipinski definition) is 4. The number of carbonyl (C=O) groups is 1. The molecule has 0 fully saturated rings. The highest BCUT2D eigenvalue weighted by Gasteiger charge is 2.18. The molecule has 27 heavy (non-hydrogen) atoms. The Labute approximate surface area is 160 Å². The monoisotopic (exact) mass is 387 g/mol. The molecule has 1 amide bonds. The Hall–Kier alpha value is -2.44. The van der Waals surface area contributed by atoms with Crippen molar-refractivity contribution >= 4 is 21.8 Å². The van der Waals surface area contributed by atoms with Crippen molar-refractivity contribution in [3.05, 3.63) is 60.2 Å². The average Bonchev–Trinajstić information content (AvgIpc) is 2.65. The van der Waals surface area contributed by atoms with Crippen LogP contribution in [-0.2, 0) is 14.6 Å². The molecule has 0 aliphatic rings. The van der Waals surface area contributed by atoms with Crippen LogP contribution < -0.4 is 0 Å². The fraction of sp³-hybridized carbons (Fsp3) is 0.286. The molecule has 0 bridgehead atoms. The molecule has 2 aromatic carbocycles. The van der Waals surface area contributed by atoms with Gasteiger partial charge in [-0.1, -0.05) is 42.5 Å².